The number of rotatable bonds is 5. The summed E-state index contributed by atoms with van der Waals surface area (Å²) in [6.45, 7) is 2.55. The number of benzene rings is 1. The minimum absolute atomic E-state index is 0.0962. The number of imidazole rings is 1. The maximum absolute atomic E-state index is 13.6. The molecule has 1 aromatic carbocycles. The van der Waals surface area contributed by atoms with E-state index in [1.807, 2.05) is 6.92 Å². The van der Waals surface area contributed by atoms with Gasteiger partial charge in [-0.05, 0) is 25.0 Å². The summed E-state index contributed by atoms with van der Waals surface area (Å²) in [5.74, 6) is -1.77. The molecule has 1 aromatic heterocycles. The lowest BCUT2D eigenvalue weighted by atomic mass is 9.98. The maximum Gasteiger partial charge on any atom is 0.314 e. The summed E-state index contributed by atoms with van der Waals surface area (Å²) in [5, 5.41) is 9.34. The van der Waals surface area contributed by atoms with Crippen LogP contribution in [-0.4, -0.2) is 20.6 Å². The molecule has 2 aromatic rings. The number of hydrogen-bond acceptors (Lipinski definition) is 2. The zero-order chi connectivity index (χ0) is 13.8. The third-order valence-electron chi connectivity index (χ3n) is 3.08. The number of hydrogen-bond donors (Lipinski definition) is 1. The van der Waals surface area contributed by atoms with Crippen LogP contribution in [0.2, 0.25) is 0 Å². The molecule has 0 aliphatic rings. The zero-order valence-electron chi connectivity index (χ0n) is 10.6. The predicted octanol–water partition coefficient (Wildman–Crippen LogP) is 2.45. The Labute approximate surface area is 110 Å². The minimum atomic E-state index is -0.996. The van der Waals surface area contributed by atoms with Crippen LogP contribution in [0.15, 0.2) is 36.7 Å². The van der Waals surface area contributed by atoms with Crippen molar-refractivity contribution in [2.75, 3.05) is 0 Å². The SMILES string of the molecule is CCn1ccnc1C(Cc1ccccc1F)C(=O)O. The molecule has 1 N–H and O–H groups in total. The summed E-state index contributed by atoms with van der Waals surface area (Å²) in [6, 6.07) is 6.22. The molecule has 0 saturated carbocycles. The third-order valence-corrected chi connectivity index (χ3v) is 3.08. The number of carboxylic acid groups (broad SMARTS) is 1. The van der Waals surface area contributed by atoms with E-state index in [0.29, 0.717) is 17.9 Å². The lowest BCUT2D eigenvalue weighted by Gasteiger charge is -2.14. The van der Waals surface area contributed by atoms with Crippen molar-refractivity contribution >= 4 is 5.97 Å². The Morgan fingerprint density at radius 2 is 2.21 bits per heavy atom. The molecule has 0 saturated heterocycles. The summed E-state index contributed by atoms with van der Waals surface area (Å²) >= 11 is 0. The van der Waals surface area contributed by atoms with Gasteiger partial charge in [-0.3, -0.25) is 4.79 Å². The molecule has 1 atom stereocenters. The van der Waals surface area contributed by atoms with Crippen LogP contribution in [0.25, 0.3) is 0 Å². The maximum atomic E-state index is 13.6. The monoisotopic (exact) mass is 262 g/mol. The lowest BCUT2D eigenvalue weighted by molar-refractivity contribution is -0.139. The predicted molar refractivity (Wildman–Crippen MR) is 68.4 cm³/mol. The molecule has 1 heterocycles. The van der Waals surface area contributed by atoms with E-state index in [-0.39, 0.29) is 12.2 Å². The second-order valence-electron chi connectivity index (χ2n) is 4.26. The highest BCUT2D eigenvalue weighted by Gasteiger charge is 2.25. The summed E-state index contributed by atoms with van der Waals surface area (Å²) in [4.78, 5) is 15.5. The molecule has 0 aliphatic heterocycles. The first-order chi connectivity index (χ1) is 9.13. The Hall–Kier alpha value is -2.17. The van der Waals surface area contributed by atoms with E-state index in [4.69, 9.17) is 0 Å². The second kappa shape index (κ2) is 5.65. The molecule has 0 radical (unpaired) electrons. The molecule has 0 amide bonds. The highest BCUT2D eigenvalue weighted by Crippen LogP contribution is 2.21. The van der Waals surface area contributed by atoms with Gasteiger partial charge in [0.25, 0.3) is 0 Å². The number of halogens is 1. The molecule has 5 heteroatoms. The molecular weight excluding hydrogens is 247 g/mol. The minimum Gasteiger partial charge on any atom is -0.481 e. The van der Waals surface area contributed by atoms with E-state index in [9.17, 15) is 14.3 Å². The summed E-state index contributed by atoms with van der Waals surface area (Å²) < 4.78 is 15.4. The Morgan fingerprint density at radius 1 is 1.47 bits per heavy atom. The Balaban J connectivity index is 2.32. The second-order valence-corrected chi connectivity index (χ2v) is 4.26. The van der Waals surface area contributed by atoms with Crippen LogP contribution in [-0.2, 0) is 17.8 Å². The van der Waals surface area contributed by atoms with Gasteiger partial charge in [-0.15, -0.1) is 0 Å². The summed E-state index contributed by atoms with van der Waals surface area (Å²) in [7, 11) is 0. The van der Waals surface area contributed by atoms with Crippen molar-refractivity contribution in [3.8, 4) is 0 Å². The highest BCUT2D eigenvalue weighted by molar-refractivity contribution is 5.75. The largest absolute Gasteiger partial charge is 0.481 e. The fourth-order valence-corrected chi connectivity index (χ4v) is 2.07. The number of carbonyl (C=O) groups is 1. The van der Waals surface area contributed by atoms with Gasteiger partial charge >= 0.3 is 5.97 Å². The van der Waals surface area contributed by atoms with Crippen molar-refractivity contribution in [3.05, 3.63) is 53.9 Å². The van der Waals surface area contributed by atoms with Crippen LogP contribution in [0.5, 0.6) is 0 Å². The van der Waals surface area contributed by atoms with Gasteiger partial charge in [-0.25, -0.2) is 9.37 Å². The van der Waals surface area contributed by atoms with Crippen LogP contribution in [0.3, 0.4) is 0 Å². The van der Waals surface area contributed by atoms with Crippen LogP contribution < -0.4 is 0 Å². The fraction of sp³-hybridized carbons (Fsp3) is 0.286. The van der Waals surface area contributed by atoms with Gasteiger partial charge in [-0.2, -0.15) is 0 Å². The van der Waals surface area contributed by atoms with Gasteiger partial charge in [0, 0.05) is 18.9 Å². The van der Waals surface area contributed by atoms with Crippen LogP contribution in [0.4, 0.5) is 4.39 Å². The van der Waals surface area contributed by atoms with Crippen molar-refractivity contribution in [1.29, 1.82) is 0 Å². The van der Waals surface area contributed by atoms with Crippen LogP contribution in [0.1, 0.15) is 24.2 Å². The van der Waals surface area contributed by atoms with Crippen LogP contribution in [0, 0.1) is 5.82 Å². The molecule has 0 bridgehead atoms. The Kier molecular flexibility index (Phi) is 3.94. The van der Waals surface area contributed by atoms with E-state index < -0.39 is 11.9 Å². The molecule has 0 aliphatic carbocycles. The standard InChI is InChI=1S/C14H15FN2O2/c1-2-17-8-7-16-13(17)11(14(18)19)9-10-5-3-4-6-12(10)15/h3-8,11H,2,9H2,1H3,(H,18,19). The molecule has 2 rings (SSSR count). The fourth-order valence-electron chi connectivity index (χ4n) is 2.07. The zero-order valence-corrected chi connectivity index (χ0v) is 10.6. The number of carboxylic acids is 1. The Morgan fingerprint density at radius 3 is 2.84 bits per heavy atom. The average molecular weight is 262 g/mol. The van der Waals surface area contributed by atoms with Gasteiger partial charge in [0.05, 0.1) is 0 Å². The molecule has 19 heavy (non-hydrogen) atoms. The van der Waals surface area contributed by atoms with Gasteiger partial charge in [-0.1, -0.05) is 18.2 Å². The lowest BCUT2D eigenvalue weighted by Crippen LogP contribution is -2.19. The van der Waals surface area contributed by atoms with E-state index in [1.165, 1.54) is 6.07 Å². The topological polar surface area (TPSA) is 55.1 Å². The van der Waals surface area contributed by atoms with E-state index >= 15 is 0 Å². The normalized spacial score (nSPS) is 12.3. The Bertz CT molecular complexity index is 580. The smallest absolute Gasteiger partial charge is 0.314 e. The highest BCUT2D eigenvalue weighted by atomic mass is 19.1. The molecular formula is C14H15FN2O2. The van der Waals surface area contributed by atoms with Crippen molar-refractivity contribution in [2.45, 2.75) is 25.8 Å². The number of aryl methyl sites for hydroxylation is 1. The van der Waals surface area contributed by atoms with E-state index in [2.05, 4.69) is 4.98 Å². The summed E-state index contributed by atoms with van der Waals surface area (Å²) in [6.07, 6.45) is 3.39. The number of aliphatic carboxylic acids is 1. The first-order valence-electron chi connectivity index (χ1n) is 6.10. The summed E-state index contributed by atoms with van der Waals surface area (Å²) in [5.41, 5.74) is 0.389. The molecule has 4 nitrogen and oxygen atoms in total. The first-order valence-corrected chi connectivity index (χ1v) is 6.10. The number of nitrogens with zero attached hydrogens (tertiary/aromatic N) is 2. The number of aromatic nitrogens is 2. The van der Waals surface area contributed by atoms with E-state index in [1.54, 1.807) is 35.2 Å². The molecule has 0 fully saturated rings. The van der Waals surface area contributed by atoms with Crippen molar-refractivity contribution in [2.24, 2.45) is 0 Å². The van der Waals surface area contributed by atoms with Crippen molar-refractivity contribution in [1.82, 2.24) is 9.55 Å². The van der Waals surface area contributed by atoms with Gasteiger partial charge in [0.15, 0.2) is 0 Å². The molecule has 1 unspecified atom stereocenters. The van der Waals surface area contributed by atoms with Gasteiger partial charge in [0.1, 0.15) is 17.6 Å². The van der Waals surface area contributed by atoms with Crippen LogP contribution >= 0.6 is 0 Å². The van der Waals surface area contributed by atoms with Gasteiger partial charge in [0.2, 0.25) is 0 Å². The molecule has 100 valence electrons. The van der Waals surface area contributed by atoms with Gasteiger partial charge < -0.3 is 9.67 Å². The third kappa shape index (κ3) is 2.81. The van der Waals surface area contributed by atoms with E-state index in [0.717, 1.165) is 0 Å². The van der Waals surface area contributed by atoms with Crippen molar-refractivity contribution < 1.29 is 14.3 Å². The van der Waals surface area contributed by atoms with Crippen molar-refractivity contribution in [3.63, 3.8) is 0 Å². The first kappa shape index (κ1) is 13.3. The average Bonchev–Trinajstić information content (AvgIpc) is 2.85. The molecule has 0 spiro atoms. The quantitative estimate of drug-likeness (QED) is 0.900.